The highest BCUT2D eigenvalue weighted by molar-refractivity contribution is 5.76. The zero-order chi connectivity index (χ0) is 15.5. The smallest absolute Gasteiger partial charge is 0.343 e. The number of carbonyl (C=O) groups is 1. The zero-order valence-corrected chi connectivity index (χ0v) is 11.4. The fourth-order valence-electron chi connectivity index (χ4n) is 2.54. The van der Waals surface area contributed by atoms with Crippen LogP contribution in [-0.2, 0) is 4.79 Å². The Morgan fingerprint density at radius 3 is 2.57 bits per heavy atom. The molecule has 1 saturated heterocycles. The lowest BCUT2D eigenvalue weighted by Gasteiger charge is -2.32. The van der Waals surface area contributed by atoms with Crippen LogP contribution >= 0.6 is 0 Å². The van der Waals surface area contributed by atoms with E-state index in [1.807, 2.05) is 0 Å². The van der Waals surface area contributed by atoms with Gasteiger partial charge in [-0.1, -0.05) is 0 Å². The van der Waals surface area contributed by atoms with Gasteiger partial charge in [0, 0.05) is 25.7 Å². The monoisotopic (exact) mass is 304 g/mol. The quantitative estimate of drug-likeness (QED) is 0.634. The Kier molecular flexibility index (Phi) is 4.80. The SMILES string of the molecule is O=C(CCC(F)(F)F)N1CCC(c2ccnc(F)c2)CC1. The molecule has 0 unspecified atom stereocenters. The van der Waals surface area contributed by atoms with E-state index < -0.39 is 30.9 Å². The number of rotatable bonds is 3. The lowest BCUT2D eigenvalue weighted by molar-refractivity contribution is -0.149. The first kappa shape index (κ1) is 15.7. The third-order valence-electron chi connectivity index (χ3n) is 3.69. The summed E-state index contributed by atoms with van der Waals surface area (Å²) in [6, 6.07) is 3.10. The number of aromatic nitrogens is 1. The number of halogens is 4. The summed E-state index contributed by atoms with van der Waals surface area (Å²) >= 11 is 0. The van der Waals surface area contributed by atoms with Gasteiger partial charge in [-0.2, -0.15) is 17.6 Å². The topological polar surface area (TPSA) is 33.2 Å². The number of hydrogen-bond donors (Lipinski definition) is 0. The van der Waals surface area contributed by atoms with Crippen LogP contribution in [0.4, 0.5) is 17.6 Å². The maximum absolute atomic E-state index is 13.1. The number of alkyl halides is 3. The van der Waals surface area contributed by atoms with E-state index in [-0.39, 0.29) is 5.92 Å². The van der Waals surface area contributed by atoms with Gasteiger partial charge < -0.3 is 4.90 Å². The van der Waals surface area contributed by atoms with Crippen molar-refractivity contribution in [3.63, 3.8) is 0 Å². The molecule has 3 nitrogen and oxygen atoms in total. The normalized spacial score (nSPS) is 17.0. The molecule has 0 bridgehead atoms. The number of pyridine rings is 1. The maximum Gasteiger partial charge on any atom is 0.389 e. The molecule has 21 heavy (non-hydrogen) atoms. The van der Waals surface area contributed by atoms with Crippen molar-refractivity contribution in [1.29, 1.82) is 0 Å². The van der Waals surface area contributed by atoms with E-state index in [9.17, 15) is 22.4 Å². The molecule has 0 radical (unpaired) electrons. The van der Waals surface area contributed by atoms with Crippen molar-refractivity contribution >= 4 is 5.91 Å². The van der Waals surface area contributed by atoms with Crippen molar-refractivity contribution in [2.24, 2.45) is 0 Å². The number of piperidine rings is 1. The molecule has 0 aromatic carbocycles. The molecule has 2 heterocycles. The summed E-state index contributed by atoms with van der Waals surface area (Å²) in [6.45, 7) is 0.816. The van der Waals surface area contributed by atoms with Crippen LogP contribution in [0.5, 0.6) is 0 Å². The van der Waals surface area contributed by atoms with Crippen LogP contribution in [0.1, 0.15) is 37.2 Å². The fraction of sp³-hybridized carbons (Fsp3) is 0.571. The van der Waals surface area contributed by atoms with Gasteiger partial charge in [0.15, 0.2) is 0 Å². The highest BCUT2D eigenvalue weighted by atomic mass is 19.4. The average molecular weight is 304 g/mol. The predicted molar refractivity (Wildman–Crippen MR) is 68.0 cm³/mol. The van der Waals surface area contributed by atoms with Gasteiger partial charge >= 0.3 is 6.18 Å². The maximum atomic E-state index is 13.1. The van der Waals surface area contributed by atoms with Crippen molar-refractivity contribution in [3.8, 4) is 0 Å². The Morgan fingerprint density at radius 1 is 1.33 bits per heavy atom. The molecule has 1 aliphatic heterocycles. The minimum atomic E-state index is -4.30. The molecular formula is C14H16F4N2O. The third kappa shape index (κ3) is 4.68. The molecule has 0 atom stereocenters. The number of likely N-dealkylation sites (tertiary alicyclic amines) is 1. The molecule has 1 aromatic rings. The standard InChI is InChI=1S/C14H16F4N2O/c15-12-9-11(2-6-19-12)10-3-7-20(8-4-10)13(21)1-5-14(16,17)18/h2,6,9-10H,1,3-5,7-8H2. The third-order valence-corrected chi connectivity index (χ3v) is 3.69. The first-order valence-electron chi connectivity index (χ1n) is 6.81. The van der Waals surface area contributed by atoms with Gasteiger partial charge in [0.1, 0.15) is 0 Å². The summed E-state index contributed by atoms with van der Waals surface area (Å²) in [5, 5.41) is 0. The number of carbonyl (C=O) groups excluding carboxylic acids is 1. The van der Waals surface area contributed by atoms with Gasteiger partial charge in [-0.25, -0.2) is 4.98 Å². The summed E-state index contributed by atoms with van der Waals surface area (Å²) in [5.74, 6) is -0.892. The highest BCUT2D eigenvalue weighted by Crippen LogP contribution is 2.29. The molecule has 1 amide bonds. The van der Waals surface area contributed by atoms with Gasteiger partial charge in [0.05, 0.1) is 6.42 Å². The second kappa shape index (κ2) is 6.41. The van der Waals surface area contributed by atoms with E-state index in [4.69, 9.17) is 0 Å². The van der Waals surface area contributed by atoms with E-state index in [0.29, 0.717) is 25.9 Å². The van der Waals surface area contributed by atoms with Gasteiger partial charge in [0.25, 0.3) is 0 Å². The zero-order valence-electron chi connectivity index (χ0n) is 11.4. The average Bonchev–Trinajstić information content (AvgIpc) is 2.44. The summed E-state index contributed by atoms with van der Waals surface area (Å²) in [7, 11) is 0. The van der Waals surface area contributed by atoms with Gasteiger partial charge in [-0.3, -0.25) is 4.79 Å². The minimum Gasteiger partial charge on any atom is -0.343 e. The second-order valence-electron chi connectivity index (χ2n) is 5.18. The van der Waals surface area contributed by atoms with Crippen LogP contribution in [0.15, 0.2) is 18.3 Å². The summed E-state index contributed by atoms with van der Waals surface area (Å²) in [5.41, 5.74) is 0.824. The lowest BCUT2D eigenvalue weighted by Crippen LogP contribution is -2.38. The lowest BCUT2D eigenvalue weighted by atomic mass is 9.90. The highest BCUT2D eigenvalue weighted by Gasteiger charge is 2.30. The van der Waals surface area contributed by atoms with Crippen LogP contribution in [0.25, 0.3) is 0 Å². The van der Waals surface area contributed by atoms with Crippen LogP contribution in [0, 0.1) is 5.95 Å². The van der Waals surface area contributed by atoms with E-state index in [2.05, 4.69) is 4.98 Å². The summed E-state index contributed by atoms with van der Waals surface area (Å²) in [4.78, 5) is 16.6. The predicted octanol–water partition coefficient (Wildman–Crippen LogP) is 3.27. The molecule has 0 spiro atoms. The largest absolute Gasteiger partial charge is 0.389 e. The van der Waals surface area contributed by atoms with Gasteiger partial charge in [-0.15, -0.1) is 0 Å². The molecule has 0 saturated carbocycles. The van der Waals surface area contributed by atoms with Gasteiger partial charge in [0.2, 0.25) is 11.9 Å². The van der Waals surface area contributed by atoms with E-state index in [1.54, 1.807) is 6.07 Å². The van der Waals surface area contributed by atoms with Crippen molar-refractivity contribution in [2.75, 3.05) is 13.1 Å². The van der Waals surface area contributed by atoms with Crippen molar-refractivity contribution < 1.29 is 22.4 Å². The number of nitrogens with zero attached hydrogens (tertiary/aromatic N) is 2. The van der Waals surface area contributed by atoms with E-state index in [0.717, 1.165) is 5.56 Å². The Bertz CT molecular complexity index is 496. The van der Waals surface area contributed by atoms with Crippen LogP contribution < -0.4 is 0 Å². The first-order valence-corrected chi connectivity index (χ1v) is 6.81. The van der Waals surface area contributed by atoms with E-state index >= 15 is 0 Å². The van der Waals surface area contributed by atoms with Crippen LogP contribution in [0.2, 0.25) is 0 Å². The minimum absolute atomic E-state index is 0.120. The van der Waals surface area contributed by atoms with Crippen LogP contribution in [-0.4, -0.2) is 35.1 Å². The van der Waals surface area contributed by atoms with Crippen molar-refractivity contribution in [2.45, 2.75) is 37.8 Å². The van der Waals surface area contributed by atoms with Crippen molar-refractivity contribution in [3.05, 3.63) is 29.8 Å². The Morgan fingerprint density at radius 2 is 2.00 bits per heavy atom. The number of hydrogen-bond acceptors (Lipinski definition) is 2. The van der Waals surface area contributed by atoms with Crippen LogP contribution in [0.3, 0.4) is 0 Å². The molecule has 1 aromatic heterocycles. The fourth-order valence-corrected chi connectivity index (χ4v) is 2.54. The van der Waals surface area contributed by atoms with E-state index in [1.165, 1.54) is 17.2 Å². The van der Waals surface area contributed by atoms with Crippen molar-refractivity contribution in [1.82, 2.24) is 9.88 Å². The second-order valence-corrected chi connectivity index (χ2v) is 5.18. The molecular weight excluding hydrogens is 288 g/mol. The molecule has 116 valence electrons. The molecule has 0 aliphatic carbocycles. The molecule has 1 aliphatic rings. The molecule has 0 N–H and O–H groups in total. The molecule has 7 heteroatoms. The Balaban J connectivity index is 1.84. The molecule has 2 rings (SSSR count). The Hall–Kier alpha value is -1.66. The van der Waals surface area contributed by atoms with Gasteiger partial charge in [-0.05, 0) is 36.5 Å². The first-order chi connectivity index (χ1) is 9.85. The number of amides is 1. The summed E-state index contributed by atoms with van der Waals surface area (Å²) < 4.78 is 49.3. The summed E-state index contributed by atoms with van der Waals surface area (Å²) in [6.07, 6.45) is -3.24. The molecule has 1 fully saturated rings. The Labute approximate surface area is 120 Å².